The quantitative estimate of drug-likeness (QED) is 0.788. The number of amides is 1. The summed E-state index contributed by atoms with van der Waals surface area (Å²) in [6.45, 7) is 2.23. The maximum atomic E-state index is 11.5. The molecule has 1 atom stereocenters. The Kier molecular flexibility index (Phi) is 6.15. The molecule has 0 saturated heterocycles. The molecule has 1 aromatic carbocycles. The number of unbranched alkanes of at least 4 members (excludes halogenated alkanes) is 1. The zero-order chi connectivity index (χ0) is 14.3. The number of hydrogen-bond donors (Lipinski definition) is 2. The van der Waals surface area contributed by atoms with Gasteiger partial charge in [-0.15, -0.1) is 0 Å². The maximum absolute atomic E-state index is 11.5. The lowest BCUT2D eigenvalue weighted by molar-refractivity contribution is -0.139. The number of halogens is 1. The van der Waals surface area contributed by atoms with Crippen molar-refractivity contribution >= 4 is 23.7 Å². The van der Waals surface area contributed by atoms with Gasteiger partial charge in [-0.1, -0.05) is 37.1 Å². The number of hydrogen-bond acceptors (Lipinski definition) is 3. The van der Waals surface area contributed by atoms with E-state index in [9.17, 15) is 9.59 Å². The molecule has 0 bridgehead atoms. The van der Waals surface area contributed by atoms with Crippen molar-refractivity contribution in [3.63, 3.8) is 0 Å². The van der Waals surface area contributed by atoms with Gasteiger partial charge in [0.2, 0.25) is 0 Å². The second-order valence-electron chi connectivity index (χ2n) is 3.96. The lowest BCUT2D eigenvalue weighted by Gasteiger charge is -2.15. The van der Waals surface area contributed by atoms with Crippen LogP contribution in [0, 0.1) is 0 Å². The first-order valence-corrected chi connectivity index (χ1v) is 6.34. The molecule has 0 fully saturated rings. The number of carbonyl (C=O) groups is 2. The van der Waals surface area contributed by atoms with Gasteiger partial charge in [-0.2, -0.15) is 0 Å². The van der Waals surface area contributed by atoms with E-state index in [4.69, 9.17) is 21.4 Å². The van der Waals surface area contributed by atoms with Crippen molar-refractivity contribution in [1.29, 1.82) is 0 Å². The molecular weight excluding hydrogens is 270 g/mol. The van der Waals surface area contributed by atoms with Crippen molar-refractivity contribution < 1.29 is 19.4 Å². The van der Waals surface area contributed by atoms with Gasteiger partial charge in [-0.05, 0) is 24.1 Å². The van der Waals surface area contributed by atoms with Crippen LogP contribution in [-0.4, -0.2) is 23.8 Å². The molecule has 6 heteroatoms. The maximum Gasteiger partial charge on any atom is 0.408 e. The summed E-state index contributed by atoms with van der Waals surface area (Å²) in [5.74, 6) is -1.17. The molecule has 0 aliphatic heterocycles. The number of nitrogens with one attached hydrogen (secondary N) is 1. The van der Waals surface area contributed by atoms with Gasteiger partial charge < -0.3 is 15.2 Å². The van der Waals surface area contributed by atoms with Crippen molar-refractivity contribution in [3.8, 4) is 0 Å². The third-order valence-electron chi connectivity index (χ3n) is 2.42. The molecule has 104 valence electrons. The zero-order valence-corrected chi connectivity index (χ0v) is 11.3. The van der Waals surface area contributed by atoms with Gasteiger partial charge in [-0.25, -0.2) is 9.59 Å². The van der Waals surface area contributed by atoms with Crippen LogP contribution in [0.1, 0.15) is 31.4 Å². The van der Waals surface area contributed by atoms with Crippen LogP contribution in [0.5, 0.6) is 0 Å². The lowest BCUT2D eigenvalue weighted by Crippen LogP contribution is -2.34. The van der Waals surface area contributed by atoms with E-state index in [1.807, 2.05) is 6.92 Å². The van der Waals surface area contributed by atoms with Crippen molar-refractivity contribution in [2.75, 3.05) is 6.61 Å². The van der Waals surface area contributed by atoms with Crippen LogP contribution in [0.2, 0.25) is 5.02 Å². The Morgan fingerprint density at radius 2 is 2.21 bits per heavy atom. The third-order valence-corrected chi connectivity index (χ3v) is 2.66. The fourth-order valence-corrected chi connectivity index (χ4v) is 1.64. The second-order valence-corrected chi connectivity index (χ2v) is 4.40. The van der Waals surface area contributed by atoms with E-state index >= 15 is 0 Å². The van der Waals surface area contributed by atoms with Gasteiger partial charge in [0.1, 0.15) is 0 Å². The minimum Gasteiger partial charge on any atom is -0.479 e. The van der Waals surface area contributed by atoms with Crippen LogP contribution >= 0.6 is 11.6 Å². The van der Waals surface area contributed by atoms with Crippen LogP contribution in [0.15, 0.2) is 24.3 Å². The minimum absolute atomic E-state index is 0.268. The first kappa shape index (κ1) is 15.3. The van der Waals surface area contributed by atoms with Crippen molar-refractivity contribution in [2.24, 2.45) is 0 Å². The summed E-state index contributed by atoms with van der Waals surface area (Å²) in [7, 11) is 0. The first-order chi connectivity index (χ1) is 9.04. The van der Waals surface area contributed by atoms with Crippen LogP contribution < -0.4 is 5.32 Å². The lowest BCUT2D eigenvalue weighted by atomic mass is 10.1. The molecule has 5 nitrogen and oxygen atoms in total. The van der Waals surface area contributed by atoms with Crippen molar-refractivity contribution in [2.45, 2.75) is 25.8 Å². The fraction of sp³-hybridized carbons (Fsp3) is 0.385. The molecule has 1 aromatic rings. The van der Waals surface area contributed by atoms with Crippen molar-refractivity contribution in [3.05, 3.63) is 34.9 Å². The van der Waals surface area contributed by atoms with Gasteiger partial charge in [0.25, 0.3) is 0 Å². The number of carboxylic acid groups (broad SMARTS) is 1. The summed E-state index contributed by atoms with van der Waals surface area (Å²) in [6, 6.07) is 5.15. The molecule has 0 spiro atoms. The fourth-order valence-electron chi connectivity index (χ4n) is 1.44. The number of benzene rings is 1. The summed E-state index contributed by atoms with van der Waals surface area (Å²) in [5.41, 5.74) is 0.396. The Labute approximate surface area is 116 Å². The first-order valence-electron chi connectivity index (χ1n) is 5.96. The highest BCUT2D eigenvalue weighted by molar-refractivity contribution is 6.30. The summed E-state index contributed by atoms with van der Waals surface area (Å²) >= 11 is 5.80. The normalized spacial score (nSPS) is 11.7. The molecule has 1 rings (SSSR count). The smallest absolute Gasteiger partial charge is 0.408 e. The van der Waals surface area contributed by atoms with E-state index in [0.717, 1.165) is 12.8 Å². The summed E-state index contributed by atoms with van der Waals surface area (Å²) in [6.07, 6.45) is 0.882. The van der Waals surface area contributed by atoms with Gasteiger partial charge in [0.15, 0.2) is 6.04 Å². The average Bonchev–Trinajstić information content (AvgIpc) is 2.36. The Balaban J connectivity index is 2.68. The van der Waals surface area contributed by atoms with E-state index in [0.29, 0.717) is 10.6 Å². The predicted octanol–water partition coefficient (Wildman–Crippen LogP) is 2.99. The predicted molar refractivity (Wildman–Crippen MR) is 71.2 cm³/mol. The summed E-state index contributed by atoms with van der Waals surface area (Å²) in [5, 5.41) is 11.8. The summed E-state index contributed by atoms with van der Waals surface area (Å²) in [4.78, 5) is 22.6. The largest absolute Gasteiger partial charge is 0.479 e. The Bertz CT molecular complexity index is 450. The molecule has 0 aliphatic carbocycles. The van der Waals surface area contributed by atoms with E-state index < -0.39 is 18.1 Å². The zero-order valence-electron chi connectivity index (χ0n) is 10.6. The topological polar surface area (TPSA) is 75.6 Å². The Hall–Kier alpha value is -1.75. The highest BCUT2D eigenvalue weighted by Gasteiger charge is 2.22. The highest BCUT2D eigenvalue weighted by atomic mass is 35.5. The standard InChI is InChI=1S/C13H16ClNO4/c1-2-3-7-19-13(18)15-11(12(16)17)9-5-4-6-10(14)8-9/h4-6,8,11H,2-3,7H2,1H3,(H,15,18)(H,16,17). The molecule has 0 aliphatic rings. The van der Waals surface area contributed by atoms with Gasteiger partial charge in [-0.3, -0.25) is 0 Å². The number of ether oxygens (including phenoxy) is 1. The highest BCUT2D eigenvalue weighted by Crippen LogP contribution is 2.18. The molecule has 0 saturated carbocycles. The number of rotatable bonds is 6. The average molecular weight is 286 g/mol. The van der Waals surface area contributed by atoms with Crippen LogP contribution in [0.25, 0.3) is 0 Å². The summed E-state index contributed by atoms with van der Waals surface area (Å²) < 4.78 is 4.87. The van der Waals surface area contributed by atoms with E-state index in [1.165, 1.54) is 6.07 Å². The third kappa shape index (κ3) is 5.18. The molecule has 0 radical (unpaired) electrons. The van der Waals surface area contributed by atoms with Crippen LogP contribution in [0.3, 0.4) is 0 Å². The van der Waals surface area contributed by atoms with E-state index in [-0.39, 0.29) is 6.61 Å². The molecule has 0 aromatic heterocycles. The number of carboxylic acids is 1. The van der Waals surface area contributed by atoms with Gasteiger partial charge in [0, 0.05) is 5.02 Å². The van der Waals surface area contributed by atoms with Gasteiger partial charge in [0.05, 0.1) is 6.61 Å². The molecular formula is C13H16ClNO4. The van der Waals surface area contributed by atoms with E-state index in [1.54, 1.807) is 18.2 Å². The molecule has 1 unspecified atom stereocenters. The van der Waals surface area contributed by atoms with Crippen molar-refractivity contribution in [1.82, 2.24) is 5.32 Å². The second kappa shape index (κ2) is 7.63. The van der Waals surface area contributed by atoms with Crippen LogP contribution in [-0.2, 0) is 9.53 Å². The van der Waals surface area contributed by atoms with E-state index in [2.05, 4.69) is 5.32 Å². The Morgan fingerprint density at radius 1 is 1.47 bits per heavy atom. The number of alkyl carbamates (subject to hydrolysis) is 1. The number of carbonyl (C=O) groups excluding carboxylic acids is 1. The molecule has 1 amide bonds. The SMILES string of the molecule is CCCCOC(=O)NC(C(=O)O)c1cccc(Cl)c1. The number of aliphatic carboxylic acids is 1. The monoisotopic (exact) mass is 285 g/mol. The Morgan fingerprint density at radius 3 is 2.79 bits per heavy atom. The van der Waals surface area contributed by atoms with Crippen LogP contribution in [0.4, 0.5) is 4.79 Å². The van der Waals surface area contributed by atoms with Gasteiger partial charge >= 0.3 is 12.1 Å². The minimum atomic E-state index is -1.17. The molecule has 19 heavy (non-hydrogen) atoms. The molecule has 0 heterocycles. The molecule has 2 N–H and O–H groups in total.